The van der Waals surface area contributed by atoms with Gasteiger partial charge in [-0.1, -0.05) is 6.92 Å². The normalized spacial score (nSPS) is 14.6. The van der Waals surface area contributed by atoms with Gasteiger partial charge < -0.3 is 14.4 Å². The Hall–Kier alpha value is -1.29. The summed E-state index contributed by atoms with van der Waals surface area (Å²) in [6.45, 7) is 3.92. The molecule has 1 N–H and O–H groups in total. The van der Waals surface area contributed by atoms with Gasteiger partial charge in [-0.15, -0.1) is 0 Å². The highest BCUT2D eigenvalue weighted by molar-refractivity contribution is 5.70. The van der Waals surface area contributed by atoms with Crippen molar-refractivity contribution in [1.29, 1.82) is 0 Å². The Morgan fingerprint density at radius 1 is 1.40 bits per heavy atom. The maximum Gasteiger partial charge on any atom is 0.310 e. The van der Waals surface area contributed by atoms with Crippen molar-refractivity contribution >= 4 is 5.97 Å². The van der Waals surface area contributed by atoms with E-state index in [1.54, 1.807) is 23.9 Å². The Kier molecular flexibility index (Phi) is 3.91. The first-order valence-electron chi connectivity index (χ1n) is 5.14. The maximum absolute atomic E-state index is 11.3. The SMILES string of the molecule is CCOC(=O)CC(O)(CC)n1cccc1. The quantitative estimate of drug-likeness (QED) is 0.751. The molecule has 4 heteroatoms. The number of hydrogen-bond donors (Lipinski definition) is 1. The highest BCUT2D eigenvalue weighted by Crippen LogP contribution is 2.22. The third-order valence-electron chi connectivity index (χ3n) is 2.38. The van der Waals surface area contributed by atoms with Crippen molar-refractivity contribution in [2.24, 2.45) is 0 Å². The van der Waals surface area contributed by atoms with Crippen LogP contribution in [-0.4, -0.2) is 22.2 Å². The molecule has 84 valence electrons. The highest BCUT2D eigenvalue weighted by Gasteiger charge is 2.29. The molecule has 0 spiro atoms. The van der Waals surface area contributed by atoms with Gasteiger partial charge in [-0.25, -0.2) is 0 Å². The van der Waals surface area contributed by atoms with E-state index in [4.69, 9.17) is 4.74 Å². The summed E-state index contributed by atoms with van der Waals surface area (Å²) >= 11 is 0. The maximum atomic E-state index is 11.3. The molecule has 0 aromatic carbocycles. The number of nitrogens with zero attached hydrogens (tertiary/aromatic N) is 1. The lowest BCUT2D eigenvalue weighted by Crippen LogP contribution is -2.34. The zero-order valence-corrected chi connectivity index (χ0v) is 9.14. The summed E-state index contributed by atoms with van der Waals surface area (Å²) in [4.78, 5) is 11.3. The van der Waals surface area contributed by atoms with Gasteiger partial charge in [-0.2, -0.15) is 0 Å². The van der Waals surface area contributed by atoms with Crippen LogP contribution in [0.15, 0.2) is 24.5 Å². The predicted molar refractivity (Wildman–Crippen MR) is 56.2 cm³/mol. The van der Waals surface area contributed by atoms with Gasteiger partial charge in [-0.3, -0.25) is 4.79 Å². The first-order valence-corrected chi connectivity index (χ1v) is 5.14. The van der Waals surface area contributed by atoms with Gasteiger partial charge in [0, 0.05) is 12.4 Å². The summed E-state index contributed by atoms with van der Waals surface area (Å²) in [5.41, 5.74) is -1.17. The first kappa shape index (κ1) is 11.8. The standard InChI is InChI=1S/C11H17NO3/c1-3-11(14,9-10(13)15-4-2)12-7-5-6-8-12/h5-8,14H,3-4,9H2,1-2H3. The van der Waals surface area contributed by atoms with E-state index in [2.05, 4.69) is 0 Å². The molecule has 0 radical (unpaired) electrons. The van der Waals surface area contributed by atoms with E-state index in [0.717, 1.165) is 0 Å². The molecule has 15 heavy (non-hydrogen) atoms. The van der Waals surface area contributed by atoms with E-state index in [9.17, 15) is 9.90 Å². The van der Waals surface area contributed by atoms with Gasteiger partial charge in [0.25, 0.3) is 0 Å². The summed E-state index contributed by atoms with van der Waals surface area (Å²) in [7, 11) is 0. The molecule has 1 heterocycles. The number of ether oxygens (including phenoxy) is 1. The van der Waals surface area contributed by atoms with E-state index in [-0.39, 0.29) is 12.4 Å². The molecule has 1 aromatic rings. The molecule has 0 saturated heterocycles. The zero-order valence-electron chi connectivity index (χ0n) is 9.14. The third kappa shape index (κ3) is 2.83. The molecule has 1 atom stereocenters. The van der Waals surface area contributed by atoms with E-state index >= 15 is 0 Å². The minimum absolute atomic E-state index is 0.0218. The summed E-state index contributed by atoms with van der Waals surface area (Å²) in [5.74, 6) is -0.379. The van der Waals surface area contributed by atoms with Crippen molar-refractivity contribution < 1.29 is 14.6 Å². The number of aromatic nitrogens is 1. The monoisotopic (exact) mass is 211 g/mol. The fourth-order valence-electron chi connectivity index (χ4n) is 1.45. The topological polar surface area (TPSA) is 51.5 Å². The second kappa shape index (κ2) is 4.98. The average molecular weight is 211 g/mol. The van der Waals surface area contributed by atoms with Crippen LogP contribution in [-0.2, 0) is 15.3 Å². The molecule has 0 amide bonds. The predicted octanol–water partition coefficient (Wildman–Crippen LogP) is 1.50. The van der Waals surface area contributed by atoms with Crippen LogP contribution in [0.2, 0.25) is 0 Å². The van der Waals surface area contributed by atoms with Crippen molar-refractivity contribution in [3.05, 3.63) is 24.5 Å². The van der Waals surface area contributed by atoms with E-state index in [0.29, 0.717) is 13.0 Å². The van der Waals surface area contributed by atoms with Crippen LogP contribution in [0, 0.1) is 0 Å². The Morgan fingerprint density at radius 3 is 2.47 bits per heavy atom. The van der Waals surface area contributed by atoms with Crippen LogP contribution in [0.5, 0.6) is 0 Å². The van der Waals surface area contributed by atoms with Gasteiger partial charge >= 0.3 is 5.97 Å². The third-order valence-corrected chi connectivity index (χ3v) is 2.38. The van der Waals surface area contributed by atoms with Crippen molar-refractivity contribution in [3.8, 4) is 0 Å². The van der Waals surface area contributed by atoms with Crippen molar-refractivity contribution in [2.75, 3.05) is 6.61 Å². The molecule has 0 saturated carbocycles. The fourth-order valence-corrected chi connectivity index (χ4v) is 1.45. The molecular weight excluding hydrogens is 194 g/mol. The van der Waals surface area contributed by atoms with Crippen molar-refractivity contribution in [2.45, 2.75) is 32.4 Å². The number of esters is 1. The second-order valence-electron chi connectivity index (χ2n) is 3.41. The zero-order chi connectivity index (χ0) is 11.3. The molecule has 0 fully saturated rings. The summed E-state index contributed by atoms with van der Waals surface area (Å²) in [5, 5.41) is 10.2. The molecule has 1 aromatic heterocycles. The van der Waals surface area contributed by atoms with Crippen molar-refractivity contribution in [3.63, 3.8) is 0 Å². The Labute approximate surface area is 89.5 Å². The Balaban J connectivity index is 2.73. The second-order valence-corrected chi connectivity index (χ2v) is 3.41. The van der Waals surface area contributed by atoms with Gasteiger partial charge in [-0.05, 0) is 25.5 Å². The minimum Gasteiger partial charge on any atom is -0.466 e. The van der Waals surface area contributed by atoms with E-state index in [1.165, 1.54) is 0 Å². The van der Waals surface area contributed by atoms with Crippen LogP contribution in [0.4, 0.5) is 0 Å². The van der Waals surface area contributed by atoms with Crippen LogP contribution < -0.4 is 0 Å². The van der Waals surface area contributed by atoms with Gasteiger partial charge in [0.15, 0.2) is 5.72 Å². The van der Waals surface area contributed by atoms with Crippen LogP contribution in [0.1, 0.15) is 26.7 Å². The summed E-state index contributed by atoms with van der Waals surface area (Å²) in [6, 6.07) is 3.62. The minimum atomic E-state index is -1.17. The molecular formula is C11H17NO3. The molecule has 0 aliphatic rings. The number of carbonyl (C=O) groups is 1. The largest absolute Gasteiger partial charge is 0.466 e. The number of hydrogen-bond acceptors (Lipinski definition) is 3. The summed E-state index contributed by atoms with van der Waals surface area (Å²) < 4.78 is 6.45. The molecule has 1 rings (SSSR count). The van der Waals surface area contributed by atoms with Gasteiger partial charge in [0.05, 0.1) is 13.0 Å². The molecule has 0 bridgehead atoms. The molecule has 0 aliphatic carbocycles. The number of aliphatic hydroxyl groups is 1. The Morgan fingerprint density at radius 2 is 2.00 bits per heavy atom. The van der Waals surface area contributed by atoms with Crippen LogP contribution in [0.3, 0.4) is 0 Å². The van der Waals surface area contributed by atoms with Gasteiger partial charge in [0.1, 0.15) is 0 Å². The fraction of sp³-hybridized carbons (Fsp3) is 0.545. The number of rotatable bonds is 5. The van der Waals surface area contributed by atoms with Gasteiger partial charge in [0.2, 0.25) is 0 Å². The van der Waals surface area contributed by atoms with E-state index < -0.39 is 5.72 Å². The summed E-state index contributed by atoms with van der Waals surface area (Å²) in [6.07, 6.45) is 3.91. The Bertz CT molecular complexity index is 308. The van der Waals surface area contributed by atoms with Crippen LogP contribution in [0.25, 0.3) is 0 Å². The van der Waals surface area contributed by atoms with E-state index in [1.807, 2.05) is 19.1 Å². The lowest BCUT2D eigenvalue weighted by Gasteiger charge is -2.27. The van der Waals surface area contributed by atoms with Crippen LogP contribution >= 0.6 is 0 Å². The molecule has 4 nitrogen and oxygen atoms in total. The lowest BCUT2D eigenvalue weighted by molar-refractivity contribution is -0.154. The lowest BCUT2D eigenvalue weighted by atomic mass is 10.1. The smallest absolute Gasteiger partial charge is 0.310 e. The average Bonchev–Trinajstić information content (AvgIpc) is 2.71. The molecule has 0 aliphatic heterocycles. The van der Waals surface area contributed by atoms with Crippen molar-refractivity contribution in [1.82, 2.24) is 4.57 Å². The molecule has 1 unspecified atom stereocenters. The highest BCUT2D eigenvalue weighted by atomic mass is 16.5. The first-order chi connectivity index (χ1) is 7.12. The number of carbonyl (C=O) groups excluding carboxylic acids is 1.